The second-order valence-corrected chi connectivity index (χ2v) is 6.56. The van der Waals surface area contributed by atoms with E-state index in [0.29, 0.717) is 0 Å². The number of fused-ring (bicyclic) bond motifs is 4. The van der Waals surface area contributed by atoms with Gasteiger partial charge in [0, 0.05) is 12.3 Å². The van der Waals surface area contributed by atoms with Crippen molar-refractivity contribution < 1.29 is 14.3 Å². The van der Waals surface area contributed by atoms with E-state index in [1.54, 1.807) is 7.11 Å². The summed E-state index contributed by atoms with van der Waals surface area (Å²) in [4.78, 5) is 14.0. The van der Waals surface area contributed by atoms with E-state index in [4.69, 9.17) is 9.47 Å². The van der Waals surface area contributed by atoms with Gasteiger partial charge in [-0.15, -0.1) is 0 Å². The average Bonchev–Trinajstić information content (AvgIpc) is 2.51. The topological polar surface area (TPSA) is 38.8 Å². The molecule has 0 radical (unpaired) electrons. The van der Waals surface area contributed by atoms with Gasteiger partial charge >= 0.3 is 5.97 Å². The Balaban J connectivity index is 2.14. The number of piperidine rings is 1. The monoisotopic (exact) mass is 303 g/mol. The Kier molecular flexibility index (Phi) is 3.89. The van der Waals surface area contributed by atoms with Crippen LogP contribution in [0.15, 0.2) is 18.2 Å². The molecule has 4 nitrogen and oxygen atoms in total. The Morgan fingerprint density at radius 3 is 2.86 bits per heavy atom. The van der Waals surface area contributed by atoms with E-state index in [2.05, 4.69) is 31.0 Å². The number of carbonyl (C=O) groups excluding carboxylic acids is 1. The third-order valence-corrected chi connectivity index (χ3v) is 5.58. The molecule has 1 saturated heterocycles. The number of benzene rings is 1. The van der Waals surface area contributed by atoms with Crippen LogP contribution < -0.4 is 4.74 Å². The molecule has 1 unspecified atom stereocenters. The quantitative estimate of drug-likeness (QED) is 0.804. The highest BCUT2D eigenvalue weighted by molar-refractivity contribution is 5.66. The molecule has 0 N–H and O–H groups in total. The Bertz CT molecular complexity index is 586. The molecule has 22 heavy (non-hydrogen) atoms. The summed E-state index contributed by atoms with van der Waals surface area (Å²) < 4.78 is 11.3. The maximum Gasteiger partial charge on any atom is 0.302 e. The maximum absolute atomic E-state index is 11.7. The molecule has 2 bridgehead atoms. The average molecular weight is 303 g/mol. The van der Waals surface area contributed by atoms with Crippen LogP contribution >= 0.6 is 0 Å². The van der Waals surface area contributed by atoms with Crippen LogP contribution in [0.2, 0.25) is 0 Å². The Morgan fingerprint density at radius 1 is 1.45 bits per heavy atom. The second-order valence-electron chi connectivity index (χ2n) is 6.56. The van der Waals surface area contributed by atoms with Crippen LogP contribution in [0.3, 0.4) is 0 Å². The summed E-state index contributed by atoms with van der Waals surface area (Å²) in [5, 5.41) is 0. The molecule has 1 fully saturated rings. The summed E-state index contributed by atoms with van der Waals surface area (Å²) in [5.41, 5.74) is 2.58. The molecule has 4 heteroatoms. The molecule has 0 amide bonds. The van der Waals surface area contributed by atoms with E-state index >= 15 is 0 Å². The number of methoxy groups -OCH3 is 1. The smallest absolute Gasteiger partial charge is 0.302 e. The maximum atomic E-state index is 11.7. The Hall–Kier alpha value is -1.55. The minimum atomic E-state index is -0.186. The molecule has 120 valence electrons. The molecule has 1 aliphatic heterocycles. The van der Waals surface area contributed by atoms with Gasteiger partial charge in [0.25, 0.3) is 0 Å². The minimum absolute atomic E-state index is 0.0756. The van der Waals surface area contributed by atoms with Crippen molar-refractivity contribution in [2.75, 3.05) is 20.7 Å². The van der Waals surface area contributed by atoms with Gasteiger partial charge < -0.3 is 9.47 Å². The van der Waals surface area contributed by atoms with Crippen molar-refractivity contribution in [2.24, 2.45) is 0 Å². The van der Waals surface area contributed by atoms with Crippen LogP contribution in [0.5, 0.6) is 5.75 Å². The molecule has 3 rings (SSSR count). The zero-order valence-electron chi connectivity index (χ0n) is 13.9. The summed E-state index contributed by atoms with van der Waals surface area (Å²) in [6.45, 7) is 4.75. The van der Waals surface area contributed by atoms with Gasteiger partial charge in [0.05, 0.1) is 13.2 Å². The molecular formula is C18H25NO3. The molecule has 1 aromatic carbocycles. The molecule has 1 aromatic rings. The lowest BCUT2D eigenvalue weighted by molar-refractivity contribution is -0.161. The van der Waals surface area contributed by atoms with Crippen molar-refractivity contribution in [3.05, 3.63) is 29.3 Å². The van der Waals surface area contributed by atoms with Gasteiger partial charge in [-0.3, -0.25) is 9.69 Å². The fraction of sp³-hybridized carbons (Fsp3) is 0.611. The van der Waals surface area contributed by atoms with Crippen molar-refractivity contribution >= 4 is 5.97 Å². The fourth-order valence-electron chi connectivity index (χ4n) is 4.32. The SMILES string of the molecule is CC[C@@]12CCN(C)C(Cc3ccc(OC)cc31)[C@@H]2OC(C)=O. The van der Waals surface area contributed by atoms with E-state index in [-0.39, 0.29) is 23.5 Å². The number of rotatable bonds is 3. The minimum Gasteiger partial charge on any atom is -0.497 e. The predicted molar refractivity (Wildman–Crippen MR) is 85.3 cm³/mol. The van der Waals surface area contributed by atoms with Gasteiger partial charge in [-0.1, -0.05) is 13.0 Å². The first-order valence-corrected chi connectivity index (χ1v) is 8.06. The van der Waals surface area contributed by atoms with Crippen LogP contribution in [0.4, 0.5) is 0 Å². The van der Waals surface area contributed by atoms with Crippen LogP contribution in [-0.2, 0) is 21.4 Å². The van der Waals surface area contributed by atoms with Gasteiger partial charge in [-0.05, 0) is 56.1 Å². The number of hydrogen-bond acceptors (Lipinski definition) is 4. The summed E-state index contributed by atoms with van der Waals surface area (Å²) in [6.07, 6.45) is 2.83. The summed E-state index contributed by atoms with van der Waals surface area (Å²) in [7, 11) is 3.83. The molecule has 1 aliphatic carbocycles. The van der Waals surface area contributed by atoms with Crippen molar-refractivity contribution in [1.29, 1.82) is 0 Å². The van der Waals surface area contributed by atoms with Crippen LogP contribution in [0.1, 0.15) is 37.8 Å². The Morgan fingerprint density at radius 2 is 2.23 bits per heavy atom. The normalized spacial score (nSPS) is 30.5. The number of carbonyl (C=O) groups is 1. The first-order valence-electron chi connectivity index (χ1n) is 8.06. The number of hydrogen-bond donors (Lipinski definition) is 0. The van der Waals surface area contributed by atoms with Gasteiger partial charge in [0.15, 0.2) is 0 Å². The predicted octanol–water partition coefficient (Wildman–Crippen LogP) is 2.53. The molecule has 1 heterocycles. The highest BCUT2D eigenvalue weighted by Crippen LogP contribution is 2.49. The summed E-state index contributed by atoms with van der Waals surface area (Å²) in [6, 6.07) is 6.62. The Labute approximate surface area is 132 Å². The third kappa shape index (κ3) is 2.21. The fourth-order valence-corrected chi connectivity index (χ4v) is 4.32. The zero-order valence-corrected chi connectivity index (χ0v) is 13.9. The van der Waals surface area contributed by atoms with Gasteiger partial charge in [-0.2, -0.15) is 0 Å². The van der Waals surface area contributed by atoms with E-state index in [1.807, 2.05) is 6.07 Å². The van der Waals surface area contributed by atoms with Crippen molar-refractivity contribution in [3.63, 3.8) is 0 Å². The molecule has 2 aliphatic rings. The lowest BCUT2D eigenvalue weighted by Crippen LogP contribution is -2.63. The van der Waals surface area contributed by atoms with E-state index in [1.165, 1.54) is 18.1 Å². The number of ether oxygens (including phenoxy) is 2. The molecule has 0 spiro atoms. The summed E-state index contributed by atoms with van der Waals surface area (Å²) in [5.74, 6) is 0.694. The number of likely N-dealkylation sites (N-methyl/N-ethyl adjacent to an activating group) is 1. The van der Waals surface area contributed by atoms with E-state index in [9.17, 15) is 4.79 Å². The molecule has 0 aromatic heterocycles. The van der Waals surface area contributed by atoms with Crippen LogP contribution in [0, 0.1) is 0 Å². The first-order chi connectivity index (χ1) is 10.5. The molecule has 0 saturated carbocycles. The largest absolute Gasteiger partial charge is 0.497 e. The number of nitrogens with zero attached hydrogens (tertiary/aromatic N) is 1. The van der Waals surface area contributed by atoms with Crippen molar-refractivity contribution in [3.8, 4) is 5.75 Å². The molecular weight excluding hydrogens is 278 g/mol. The first kappa shape index (κ1) is 15.3. The van der Waals surface area contributed by atoms with Crippen molar-refractivity contribution in [1.82, 2.24) is 4.90 Å². The number of esters is 1. The van der Waals surface area contributed by atoms with Gasteiger partial charge in [-0.25, -0.2) is 0 Å². The van der Waals surface area contributed by atoms with Gasteiger partial charge in [0.2, 0.25) is 0 Å². The highest BCUT2D eigenvalue weighted by atomic mass is 16.5. The van der Waals surface area contributed by atoms with Gasteiger partial charge in [0.1, 0.15) is 11.9 Å². The van der Waals surface area contributed by atoms with E-state index in [0.717, 1.165) is 31.6 Å². The van der Waals surface area contributed by atoms with E-state index < -0.39 is 0 Å². The second kappa shape index (κ2) is 5.58. The standard InChI is InChI=1S/C18H25NO3/c1-5-18-8-9-19(3)16(17(18)22-12(2)20)10-13-6-7-14(21-4)11-15(13)18/h6-7,11,16-17H,5,8-10H2,1-4H3/t16?,17-,18+/m0/s1. The lowest BCUT2D eigenvalue weighted by atomic mass is 9.60. The van der Waals surface area contributed by atoms with Crippen LogP contribution in [-0.4, -0.2) is 43.7 Å². The summed E-state index contributed by atoms with van der Waals surface area (Å²) >= 11 is 0. The molecule has 3 atom stereocenters. The lowest BCUT2D eigenvalue weighted by Gasteiger charge is -2.54. The van der Waals surface area contributed by atoms with Crippen molar-refractivity contribution in [2.45, 2.75) is 50.7 Å². The highest BCUT2D eigenvalue weighted by Gasteiger charge is 2.53. The number of likely N-dealkylation sites (tertiary alicyclic amines) is 1. The third-order valence-electron chi connectivity index (χ3n) is 5.58. The zero-order chi connectivity index (χ0) is 15.9. The van der Waals surface area contributed by atoms with Crippen LogP contribution in [0.25, 0.3) is 0 Å².